The van der Waals surface area contributed by atoms with Crippen molar-refractivity contribution in [1.82, 2.24) is 10.2 Å². The Bertz CT molecular complexity index is 315. The van der Waals surface area contributed by atoms with Crippen LogP contribution in [0.1, 0.15) is 53.4 Å². The number of carboxylic acid groups (broad SMARTS) is 1. The fraction of sp³-hybridized carbons (Fsp3) is 0.846. The van der Waals surface area contributed by atoms with Crippen molar-refractivity contribution in [3.05, 3.63) is 0 Å². The van der Waals surface area contributed by atoms with Crippen LogP contribution in [0.5, 0.6) is 0 Å². The van der Waals surface area contributed by atoms with E-state index in [0.717, 1.165) is 25.7 Å². The first-order valence-corrected chi connectivity index (χ1v) is 6.51. The highest BCUT2D eigenvalue weighted by molar-refractivity contribution is 5.73. The van der Waals surface area contributed by atoms with Gasteiger partial charge < -0.3 is 15.3 Å². The molecule has 0 bridgehead atoms. The lowest BCUT2D eigenvalue weighted by Gasteiger charge is -2.42. The fourth-order valence-electron chi connectivity index (χ4n) is 2.76. The second kappa shape index (κ2) is 5.59. The van der Waals surface area contributed by atoms with Crippen LogP contribution in [0.2, 0.25) is 0 Å². The first kappa shape index (κ1) is 14.8. The molecule has 2 N–H and O–H groups in total. The number of hydrogen-bond donors (Lipinski definition) is 2. The van der Waals surface area contributed by atoms with Crippen LogP contribution in [0.3, 0.4) is 0 Å². The largest absolute Gasteiger partial charge is 0.465 e. The SMILES string of the molecule is CC(=O)N[C@H]1CC[C@H](N(C(=O)O)C(C)(C)C)CC1. The summed E-state index contributed by atoms with van der Waals surface area (Å²) < 4.78 is 0. The van der Waals surface area contributed by atoms with E-state index >= 15 is 0 Å². The van der Waals surface area contributed by atoms with E-state index < -0.39 is 6.09 Å². The number of carbonyl (C=O) groups excluding carboxylic acids is 1. The van der Waals surface area contributed by atoms with Crippen molar-refractivity contribution < 1.29 is 14.7 Å². The topological polar surface area (TPSA) is 69.6 Å². The molecule has 2 amide bonds. The molecule has 0 unspecified atom stereocenters. The van der Waals surface area contributed by atoms with Crippen LogP contribution < -0.4 is 5.32 Å². The van der Waals surface area contributed by atoms with Gasteiger partial charge in [-0.2, -0.15) is 0 Å². The summed E-state index contributed by atoms with van der Waals surface area (Å²) in [7, 11) is 0. The molecule has 1 saturated carbocycles. The molecule has 0 aromatic carbocycles. The maximum absolute atomic E-state index is 11.4. The highest BCUT2D eigenvalue weighted by atomic mass is 16.4. The molecule has 1 fully saturated rings. The molecule has 18 heavy (non-hydrogen) atoms. The Morgan fingerprint density at radius 2 is 1.67 bits per heavy atom. The zero-order chi connectivity index (χ0) is 13.9. The normalized spacial score (nSPS) is 24.4. The Balaban J connectivity index is 2.60. The van der Waals surface area contributed by atoms with E-state index in [1.807, 2.05) is 20.8 Å². The number of hydrogen-bond acceptors (Lipinski definition) is 2. The molecule has 0 aliphatic heterocycles. The molecule has 104 valence electrons. The van der Waals surface area contributed by atoms with Gasteiger partial charge in [0.1, 0.15) is 0 Å². The molecule has 0 aromatic heterocycles. The summed E-state index contributed by atoms with van der Waals surface area (Å²) in [6.45, 7) is 7.27. The van der Waals surface area contributed by atoms with Crippen molar-refractivity contribution in [3.63, 3.8) is 0 Å². The van der Waals surface area contributed by atoms with Gasteiger partial charge in [-0.25, -0.2) is 4.79 Å². The molecule has 0 radical (unpaired) electrons. The predicted octanol–water partition coefficient (Wildman–Crippen LogP) is 2.21. The Kier molecular flexibility index (Phi) is 4.59. The number of carbonyl (C=O) groups is 2. The van der Waals surface area contributed by atoms with E-state index in [2.05, 4.69) is 5.32 Å². The third kappa shape index (κ3) is 3.89. The van der Waals surface area contributed by atoms with Crippen LogP contribution in [0, 0.1) is 0 Å². The van der Waals surface area contributed by atoms with Crippen LogP contribution in [-0.4, -0.2) is 39.6 Å². The minimum atomic E-state index is -0.856. The molecule has 1 aliphatic carbocycles. The second-order valence-corrected chi connectivity index (χ2v) is 6.03. The van der Waals surface area contributed by atoms with Crippen LogP contribution in [0.4, 0.5) is 4.79 Å². The monoisotopic (exact) mass is 256 g/mol. The van der Waals surface area contributed by atoms with Gasteiger partial charge in [-0.15, -0.1) is 0 Å². The molecule has 1 rings (SSSR count). The molecular weight excluding hydrogens is 232 g/mol. The summed E-state index contributed by atoms with van der Waals surface area (Å²) in [6.07, 6.45) is 2.47. The average Bonchev–Trinajstić information content (AvgIpc) is 2.17. The zero-order valence-corrected chi connectivity index (χ0v) is 11.7. The van der Waals surface area contributed by atoms with Crippen molar-refractivity contribution >= 4 is 12.0 Å². The lowest BCUT2D eigenvalue weighted by Crippen LogP contribution is -2.53. The van der Waals surface area contributed by atoms with Gasteiger partial charge in [0.2, 0.25) is 5.91 Å². The predicted molar refractivity (Wildman–Crippen MR) is 69.5 cm³/mol. The minimum Gasteiger partial charge on any atom is -0.465 e. The Morgan fingerprint density at radius 3 is 2.00 bits per heavy atom. The Morgan fingerprint density at radius 1 is 1.17 bits per heavy atom. The molecule has 0 saturated heterocycles. The number of rotatable bonds is 2. The standard InChI is InChI=1S/C13H24N2O3/c1-9(16)14-10-5-7-11(8-6-10)15(12(17)18)13(2,3)4/h10-11H,5-8H2,1-4H3,(H,14,16)(H,17,18)/t10-,11-. The maximum Gasteiger partial charge on any atom is 0.407 e. The Labute approximate surface area is 109 Å². The molecule has 5 heteroatoms. The van der Waals surface area contributed by atoms with E-state index in [0.29, 0.717) is 0 Å². The lowest BCUT2D eigenvalue weighted by atomic mass is 9.88. The van der Waals surface area contributed by atoms with E-state index in [-0.39, 0.29) is 23.5 Å². The molecule has 0 atom stereocenters. The van der Waals surface area contributed by atoms with Gasteiger partial charge in [-0.05, 0) is 46.5 Å². The van der Waals surface area contributed by atoms with Crippen LogP contribution >= 0.6 is 0 Å². The summed E-state index contributed by atoms with van der Waals surface area (Å²) in [5.41, 5.74) is -0.378. The third-order valence-electron chi connectivity index (χ3n) is 3.40. The number of nitrogens with zero attached hydrogens (tertiary/aromatic N) is 1. The quantitative estimate of drug-likeness (QED) is 0.796. The molecular formula is C13H24N2O3. The molecule has 1 aliphatic rings. The third-order valence-corrected chi connectivity index (χ3v) is 3.40. The summed E-state index contributed by atoms with van der Waals surface area (Å²) in [6, 6.07) is 0.266. The van der Waals surface area contributed by atoms with Crippen molar-refractivity contribution in [2.75, 3.05) is 0 Å². The second-order valence-electron chi connectivity index (χ2n) is 6.03. The molecule has 0 heterocycles. The number of nitrogens with one attached hydrogen (secondary N) is 1. The minimum absolute atomic E-state index is 0.00985. The van der Waals surface area contributed by atoms with Crippen molar-refractivity contribution in [2.45, 2.75) is 71.0 Å². The van der Waals surface area contributed by atoms with Gasteiger partial charge in [0.25, 0.3) is 0 Å². The zero-order valence-electron chi connectivity index (χ0n) is 11.7. The summed E-state index contributed by atoms with van der Waals surface area (Å²) in [4.78, 5) is 23.9. The highest BCUT2D eigenvalue weighted by Crippen LogP contribution is 2.28. The van der Waals surface area contributed by atoms with Crippen LogP contribution in [0.15, 0.2) is 0 Å². The van der Waals surface area contributed by atoms with Gasteiger partial charge in [0, 0.05) is 24.5 Å². The maximum atomic E-state index is 11.4. The lowest BCUT2D eigenvalue weighted by molar-refractivity contribution is -0.120. The first-order chi connectivity index (χ1) is 8.21. The van der Waals surface area contributed by atoms with Crippen molar-refractivity contribution in [1.29, 1.82) is 0 Å². The van der Waals surface area contributed by atoms with Gasteiger partial charge in [0.05, 0.1) is 0 Å². The Hall–Kier alpha value is -1.26. The van der Waals surface area contributed by atoms with E-state index in [4.69, 9.17) is 0 Å². The van der Waals surface area contributed by atoms with Crippen molar-refractivity contribution in [2.24, 2.45) is 0 Å². The average molecular weight is 256 g/mol. The highest BCUT2D eigenvalue weighted by Gasteiger charge is 2.35. The van der Waals surface area contributed by atoms with Gasteiger partial charge in [-0.3, -0.25) is 4.79 Å². The summed E-state index contributed by atoms with van der Waals surface area (Å²) in [5.74, 6) is -0.00985. The molecule has 5 nitrogen and oxygen atoms in total. The van der Waals surface area contributed by atoms with Gasteiger partial charge in [0.15, 0.2) is 0 Å². The molecule has 0 aromatic rings. The van der Waals surface area contributed by atoms with Gasteiger partial charge in [-0.1, -0.05) is 0 Å². The van der Waals surface area contributed by atoms with Gasteiger partial charge >= 0.3 is 6.09 Å². The van der Waals surface area contributed by atoms with E-state index in [1.165, 1.54) is 6.92 Å². The van der Waals surface area contributed by atoms with E-state index in [1.54, 1.807) is 4.90 Å². The first-order valence-electron chi connectivity index (χ1n) is 6.51. The molecule has 0 spiro atoms. The summed E-state index contributed by atoms with van der Waals surface area (Å²) in [5, 5.41) is 12.2. The van der Waals surface area contributed by atoms with E-state index in [9.17, 15) is 14.7 Å². The fourth-order valence-corrected chi connectivity index (χ4v) is 2.76. The smallest absolute Gasteiger partial charge is 0.407 e. The van der Waals surface area contributed by atoms with Crippen LogP contribution in [-0.2, 0) is 4.79 Å². The summed E-state index contributed by atoms with van der Waals surface area (Å²) >= 11 is 0. The van der Waals surface area contributed by atoms with Crippen molar-refractivity contribution in [3.8, 4) is 0 Å². The van der Waals surface area contributed by atoms with Crippen LogP contribution in [0.25, 0.3) is 0 Å². The number of amides is 2.